The van der Waals surface area contributed by atoms with Crippen LogP contribution >= 0.6 is 24.0 Å². The average Bonchev–Trinajstić information content (AvgIpc) is 3.50. The van der Waals surface area contributed by atoms with E-state index in [9.17, 15) is 4.79 Å². The van der Waals surface area contributed by atoms with Crippen LogP contribution in [-0.4, -0.2) is 42.4 Å². The first-order chi connectivity index (χ1) is 15.3. The third kappa shape index (κ3) is 7.25. The number of guanidine groups is 1. The van der Waals surface area contributed by atoms with Crippen LogP contribution in [0.15, 0.2) is 58.1 Å². The number of likely N-dealkylation sites (tertiary alicyclic amines) is 1. The second-order valence-electron chi connectivity index (χ2n) is 8.66. The van der Waals surface area contributed by atoms with Gasteiger partial charge in [0.1, 0.15) is 5.76 Å². The predicted molar refractivity (Wildman–Crippen MR) is 138 cm³/mol. The van der Waals surface area contributed by atoms with E-state index in [1.165, 1.54) is 24.8 Å². The molecular formula is C25H35IN4O2. The molecule has 2 fully saturated rings. The van der Waals surface area contributed by atoms with Crippen LogP contribution in [0.4, 0.5) is 0 Å². The third-order valence-electron chi connectivity index (χ3n) is 6.30. The number of rotatable bonds is 7. The number of nitrogens with zero attached hydrogens (tertiary/aromatic N) is 2. The van der Waals surface area contributed by atoms with Crippen LogP contribution in [0, 0.1) is 5.92 Å². The molecule has 1 atom stereocenters. The predicted octanol–water partition coefficient (Wildman–Crippen LogP) is 4.36. The number of benzene rings is 1. The van der Waals surface area contributed by atoms with Crippen molar-refractivity contribution in [2.45, 2.75) is 57.5 Å². The summed E-state index contributed by atoms with van der Waals surface area (Å²) in [5.41, 5.74) is 1.18. The van der Waals surface area contributed by atoms with Crippen LogP contribution in [0.3, 0.4) is 0 Å². The van der Waals surface area contributed by atoms with Crippen LogP contribution in [0.5, 0.6) is 0 Å². The molecule has 2 aliphatic rings. The Morgan fingerprint density at radius 3 is 2.62 bits per heavy atom. The van der Waals surface area contributed by atoms with Crippen molar-refractivity contribution in [3.8, 4) is 0 Å². The maximum Gasteiger partial charge on any atom is 0.225 e. The lowest BCUT2D eigenvalue weighted by atomic mass is 9.88. The number of amides is 1. The molecule has 6 nitrogen and oxygen atoms in total. The topological polar surface area (TPSA) is 69.9 Å². The SMILES string of the molecule is I.O=C(C1CCCCC1)N1CCC(NC(=NCc2ccccc2)NCCc2ccco2)C1. The van der Waals surface area contributed by atoms with Gasteiger partial charge < -0.3 is 20.0 Å². The number of carbonyl (C=O) groups is 1. The van der Waals surface area contributed by atoms with Gasteiger partial charge in [-0.15, -0.1) is 24.0 Å². The molecule has 0 radical (unpaired) electrons. The Balaban J connectivity index is 0.00000289. The van der Waals surface area contributed by atoms with Gasteiger partial charge in [0.15, 0.2) is 5.96 Å². The van der Waals surface area contributed by atoms with E-state index >= 15 is 0 Å². The molecule has 1 unspecified atom stereocenters. The average molecular weight is 550 g/mol. The summed E-state index contributed by atoms with van der Waals surface area (Å²) in [6.45, 7) is 2.96. The molecule has 2 N–H and O–H groups in total. The van der Waals surface area contributed by atoms with Gasteiger partial charge in [-0.3, -0.25) is 4.79 Å². The molecule has 174 valence electrons. The Kier molecular flexibility index (Phi) is 9.89. The minimum Gasteiger partial charge on any atom is -0.469 e. The lowest BCUT2D eigenvalue weighted by Gasteiger charge is -2.26. The summed E-state index contributed by atoms with van der Waals surface area (Å²) < 4.78 is 5.43. The van der Waals surface area contributed by atoms with Gasteiger partial charge in [-0.2, -0.15) is 0 Å². The molecule has 1 aromatic carbocycles. The molecule has 7 heteroatoms. The van der Waals surface area contributed by atoms with Crippen molar-refractivity contribution in [1.82, 2.24) is 15.5 Å². The number of halogens is 1. The zero-order valence-electron chi connectivity index (χ0n) is 18.7. The van der Waals surface area contributed by atoms with Crippen molar-refractivity contribution in [2.75, 3.05) is 19.6 Å². The van der Waals surface area contributed by atoms with Crippen LogP contribution in [0.2, 0.25) is 0 Å². The molecule has 1 saturated carbocycles. The van der Waals surface area contributed by atoms with Gasteiger partial charge in [-0.05, 0) is 37.0 Å². The molecular weight excluding hydrogens is 515 g/mol. The molecule has 32 heavy (non-hydrogen) atoms. The standard InChI is InChI=1S/C25H34N4O2.HI/c30-24(21-10-5-2-6-11-21)29-16-14-22(19-29)28-25(26-15-13-23-12-7-17-31-23)27-18-20-8-3-1-4-9-20;/h1,3-4,7-9,12,17,21-22H,2,5-6,10-11,13-16,18-19H2,(H2,26,27,28);1H. The third-order valence-corrected chi connectivity index (χ3v) is 6.30. The summed E-state index contributed by atoms with van der Waals surface area (Å²) in [5.74, 6) is 2.36. The van der Waals surface area contributed by atoms with Gasteiger partial charge in [-0.1, -0.05) is 49.6 Å². The summed E-state index contributed by atoms with van der Waals surface area (Å²) in [5, 5.41) is 7.01. The first kappa shape index (κ1) is 24.6. The second-order valence-corrected chi connectivity index (χ2v) is 8.66. The Hall–Kier alpha value is -2.03. The quantitative estimate of drug-likeness (QED) is 0.306. The Bertz CT molecular complexity index is 835. The Labute approximate surface area is 208 Å². The highest BCUT2D eigenvalue weighted by Gasteiger charge is 2.31. The van der Waals surface area contributed by atoms with Crippen molar-refractivity contribution in [3.05, 3.63) is 60.1 Å². The minimum absolute atomic E-state index is 0. The van der Waals surface area contributed by atoms with Crippen LogP contribution in [-0.2, 0) is 17.8 Å². The van der Waals surface area contributed by atoms with E-state index in [2.05, 4.69) is 27.7 Å². The molecule has 1 aliphatic carbocycles. The van der Waals surface area contributed by atoms with E-state index in [1.54, 1.807) is 6.26 Å². The number of carbonyl (C=O) groups excluding carboxylic acids is 1. The molecule has 1 aromatic heterocycles. The van der Waals surface area contributed by atoms with Crippen molar-refractivity contribution in [3.63, 3.8) is 0 Å². The highest BCUT2D eigenvalue weighted by atomic mass is 127. The van der Waals surface area contributed by atoms with Crippen molar-refractivity contribution >= 4 is 35.8 Å². The lowest BCUT2D eigenvalue weighted by molar-refractivity contribution is -0.135. The van der Waals surface area contributed by atoms with Gasteiger partial charge in [0.05, 0.1) is 12.8 Å². The van der Waals surface area contributed by atoms with Gasteiger partial charge in [0.25, 0.3) is 0 Å². The monoisotopic (exact) mass is 550 g/mol. The fourth-order valence-electron chi connectivity index (χ4n) is 4.54. The van der Waals surface area contributed by atoms with Crippen LogP contribution in [0.25, 0.3) is 0 Å². The number of aliphatic imine (C=N–C) groups is 1. The largest absolute Gasteiger partial charge is 0.469 e. The van der Waals surface area contributed by atoms with Crippen LogP contribution in [0.1, 0.15) is 49.8 Å². The van der Waals surface area contributed by atoms with Gasteiger partial charge >= 0.3 is 0 Å². The summed E-state index contributed by atoms with van der Waals surface area (Å²) in [7, 11) is 0. The van der Waals surface area contributed by atoms with E-state index in [1.807, 2.05) is 30.3 Å². The highest BCUT2D eigenvalue weighted by molar-refractivity contribution is 14.0. The Morgan fingerprint density at radius 2 is 1.88 bits per heavy atom. The number of hydrogen-bond donors (Lipinski definition) is 2. The minimum atomic E-state index is 0. The van der Waals surface area contributed by atoms with Crippen molar-refractivity contribution in [1.29, 1.82) is 0 Å². The highest BCUT2D eigenvalue weighted by Crippen LogP contribution is 2.26. The molecule has 2 aromatic rings. The second kappa shape index (κ2) is 12.9. The van der Waals surface area contributed by atoms with E-state index in [-0.39, 0.29) is 35.9 Å². The van der Waals surface area contributed by atoms with Gasteiger partial charge in [0, 0.05) is 38.0 Å². The first-order valence-corrected chi connectivity index (χ1v) is 11.7. The fourth-order valence-corrected chi connectivity index (χ4v) is 4.54. The first-order valence-electron chi connectivity index (χ1n) is 11.7. The van der Waals surface area contributed by atoms with Crippen molar-refractivity contribution in [2.24, 2.45) is 10.9 Å². The number of nitrogens with one attached hydrogen (secondary N) is 2. The maximum atomic E-state index is 12.9. The zero-order chi connectivity index (χ0) is 21.3. The summed E-state index contributed by atoms with van der Waals surface area (Å²) in [4.78, 5) is 19.7. The smallest absolute Gasteiger partial charge is 0.225 e. The summed E-state index contributed by atoms with van der Waals surface area (Å²) in [6, 6.07) is 14.4. The molecule has 1 aliphatic heterocycles. The lowest BCUT2D eigenvalue weighted by Crippen LogP contribution is -2.46. The summed E-state index contributed by atoms with van der Waals surface area (Å²) >= 11 is 0. The molecule has 0 bridgehead atoms. The maximum absolute atomic E-state index is 12.9. The molecule has 2 heterocycles. The van der Waals surface area contributed by atoms with Gasteiger partial charge in [0.2, 0.25) is 5.91 Å². The molecule has 1 amide bonds. The molecule has 0 spiro atoms. The molecule has 4 rings (SSSR count). The van der Waals surface area contributed by atoms with Crippen molar-refractivity contribution < 1.29 is 9.21 Å². The fraction of sp³-hybridized carbons (Fsp3) is 0.520. The van der Waals surface area contributed by atoms with E-state index in [0.29, 0.717) is 12.5 Å². The van der Waals surface area contributed by atoms with E-state index in [0.717, 1.165) is 57.0 Å². The Morgan fingerprint density at radius 1 is 1.06 bits per heavy atom. The number of hydrogen-bond acceptors (Lipinski definition) is 3. The van der Waals surface area contributed by atoms with E-state index in [4.69, 9.17) is 9.41 Å². The summed E-state index contributed by atoms with van der Waals surface area (Å²) in [6.07, 6.45) is 9.26. The normalized spacial score (nSPS) is 19.4. The zero-order valence-corrected chi connectivity index (χ0v) is 21.0. The number of furan rings is 1. The molecule has 1 saturated heterocycles. The van der Waals surface area contributed by atoms with Gasteiger partial charge in [-0.25, -0.2) is 4.99 Å². The van der Waals surface area contributed by atoms with Crippen LogP contribution < -0.4 is 10.6 Å². The van der Waals surface area contributed by atoms with E-state index < -0.39 is 0 Å².